The molecule has 0 unspecified atom stereocenters. The van der Waals surface area contributed by atoms with E-state index in [1.165, 1.54) is 0 Å². The van der Waals surface area contributed by atoms with Gasteiger partial charge in [0.15, 0.2) is 11.5 Å². The molecule has 1 aliphatic rings. The van der Waals surface area contributed by atoms with Gasteiger partial charge in [-0.3, -0.25) is 4.79 Å². The summed E-state index contributed by atoms with van der Waals surface area (Å²) in [4.78, 5) is 12.3. The number of ether oxygens (including phenoxy) is 2. The van der Waals surface area contributed by atoms with E-state index in [0.717, 1.165) is 15.7 Å². The average molecular weight is 348 g/mol. The van der Waals surface area contributed by atoms with Gasteiger partial charge in [-0.05, 0) is 42.8 Å². The minimum atomic E-state index is -0.650. The molecule has 0 radical (unpaired) electrons. The molecule has 0 fully saturated rings. The van der Waals surface area contributed by atoms with E-state index in [9.17, 15) is 4.79 Å². The molecule has 4 nitrogen and oxygen atoms in total. The van der Waals surface area contributed by atoms with Crippen LogP contribution in [0.1, 0.15) is 5.56 Å². The lowest BCUT2D eigenvalue weighted by atomic mass is 10.2. The van der Waals surface area contributed by atoms with Crippen molar-refractivity contribution in [2.75, 3.05) is 11.9 Å². The fourth-order valence-corrected chi connectivity index (χ4v) is 2.60. The van der Waals surface area contributed by atoms with Gasteiger partial charge in [0.25, 0.3) is 5.91 Å². The average Bonchev–Trinajstić information content (AvgIpc) is 2.49. The molecule has 2 aromatic rings. The van der Waals surface area contributed by atoms with E-state index >= 15 is 0 Å². The lowest BCUT2D eigenvalue weighted by Gasteiger charge is -2.25. The van der Waals surface area contributed by atoms with Gasteiger partial charge in [-0.2, -0.15) is 0 Å². The van der Waals surface area contributed by atoms with Crippen LogP contribution in [0.15, 0.2) is 46.9 Å². The van der Waals surface area contributed by atoms with Crippen LogP contribution in [0.4, 0.5) is 5.69 Å². The van der Waals surface area contributed by atoms with E-state index in [2.05, 4.69) is 21.2 Å². The van der Waals surface area contributed by atoms with Crippen LogP contribution in [0, 0.1) is 6.92 Å². The van der Waals surface area contributed by atoms with Crippen molar-refractivity contribution in [3.05, 3.63) is 52.5 Å². The summed E-state index contributed by atoms with van der Waals surface area (Å²) in [5.41, 5.74) is 1.75. The summed E-state index contributed by atoms with van der Waals surface area (Å²) in [6, 6.07) is 13.0. The minimum Gasteiger partial charge on any atom is -0.485 e. The molecule has 1 amide bonds. The maximum absolute atomic E-state index is 12.3. The van der Waals surface area contributed by atoms with E-state index in [0.29, 0.717) is 11.5 Å². The Balaban J connectivity index is 1.72. The first-order valence-corrected chi connectivity index (χ1v) is 7.38. The van der Waals surface area contributed by atoms with E-state index in [1.54, 1.807) is 6.07 Å². The third-order valence-electron chi connectivity index (χ3n) is 3.25. The van der Waals surface area contributed by atoms with Gasteiger partial charge in [-0.25, -0.2) is 0 Å². The van der Waals surface area contributed by atoms with Gasteiger partial charge in [0.1, 0.15) is 6.61 Å². The first-order chi connectivity index (χ1) is 10.1. The summed E-state index contributed by atoms with van der Waals surface area (Å²) >= 11 is 3.40. The SMILES string of the molecule is Cc1cc(Br)ccc1NC(=O)[C@H]1COc2ccccc2O1. The fraction of sp³-hybridized carbons (Fsp3) is 0.188. The van der Waals surface area contributed by atoms with Gasteiger partial charge in [0.05, 0.1) is 0 Å². The van der Waals surface area contributed by atoms with Crippen LogP contribution in [-0.2, 0) is 4.79 Å². The van der Waals surface area contributed by atoms with Gasteiger partial charge in [0.2, 0.25) is 6.10 Å². The number of hydrogen-bond acceptors (Lipinski definition) is 3. The molecular formula is C16H14BrNO3. The van der Waals surface area contributed by atoms with Crippen LogP contribution in [0.2, 0.25) is 0 Å². The molecule has 5 heteroatoms. The molecule has 0 aliphatic carbocycles. The van der Waals surface area contributed by atoms with Crippen LogP contribution in [0.25, 0.3) is 0 Å². The Morgan fingerprint density at radius 2 is 2.00 bits per heavy atom. The number of para-hydroxylation sites is 2. The Labute approximate surface area is 131 Å². The number of benzene rings is 2. The summed E-state index contributed by atoms with van der Waals surface area (Å²) in [6.45, 7) is 2.15. The second-order valence-electron chi connectivity index (χ2n) is 4.81. The van der Waals surface area contributed by atoms with Gasteiger partial charge >= 0.3 is 0 Å². The standard InChI is InChI=1S/C16H14BrNO3/c1-10-8-11(17)6-7-12(10)18-16(19)15-9-20-13-4-2-3-5-14(13)21-15/h2-8,15H,9H2,1H3,(H,18,19)/t15-/m1/s1. The van der Waals surface area contributed by atoms with Crippen molar-refractivity contribution in [2.24, 2.45) is 0 Å². The number of halogens is 1. The molecular weight excluding hydrogens is 334 g/mol. The molecule has 0 bridgehead atoms. The fourth-order valence-electron chi connectivity index (χ4n) is 2.13. The van der Waals surface area contributed by atoms with Crippen molar-refractivity contribution < 1.29 is 14.3 Å². The van der Waals surface area contributed by atoms with Gasteiger partial charge in [-0.1, -0.05) is 28.1 Å². The minimum absolute atomic E-state index is 0.207. The number of amides is 1. The Kier molecular flexibility index (Phi) is 3.84. The van der Waals surface area contributed by atoms with Crippen molar-refractivity contribution in [3.63, 3.8) is 0 Å². The highest BCUT2D eigenvalue weighted by atomic mass is 79.9. The molecule has 0 aromatic heterocycles. The number of rotatable bonds is 2. The number of nitrogens with one attached hydrogen (secondary N) is 1. The predicted octanol–water partition coefficient (Wildman–Crippen LogP) is 3.54. The first kappa shape index (κ1) is 13.9. The van der Waals surface area contributed by atoms with Crippen molar-refractivity contribution in [3.8, 4) is 11.5 Å². The van der Waals surface area contributed by atoms with Crippen LogP contribution >= 0.6 is 15.9 Å². The van der Waals surface area contributed by atoms with Crippen molar-refractivity contribution in [1.29, 1.82) is 0 Å². The molecule has 21 heavy (non-hydrogen) atoms. The largest absolute Gasteiger partial charge is 0.485 e. The zero-order valence-electron chi connectivity index (χ0n) is 11.4. The molecule has 1 heterocycles. The third kappa shape index (κ3) is 3.03. The Hall–Kier alpha value is -2.01. The zero-order chi connectivity index (χ0) is 14.8. The monoisotopic (exact) mass is 347 g/mol. The number of hydrogen-bond donors (Lipinski definition) is 1. The topological polar surface area (TPSA) is 47.6 Å². The second kappa shape index (κ2) is 5.77. The van der Waals surface area contributed by atoms with E-state index < -0.39 is 6.10 Å². The quantitative estimate of drug-likeness (QED) is 0.903. The number of carbonyl (C=O) groups is 1. The number of fused-ring (bicyclic) bond motifs is 1. The predicted molar refractivity (Wildman–Crippen MR) is 83.9 cm³/mol. The molecule has 2 aromatic carbocycles. The van der Waals surface area contributed by atoms with E-state index in [1.807, 2.05) is 43.3 Å². The van der Waals surface area contributed by atoms with Gasteiger partial charge in [-0.15, -0.1) is 0 Å². The highest BCUT2D eigenvalue weighted by molar-refractivity contribution is 9.10. The molecule has 1 atom stereocenters. The van der Waals surface area contributed by atoms with Crippen molar-refractivity contribution >= 4 is 27.5 Å². The highest BCUT2D eigenvalue weighted by Crippen LogP contribution is 2.31. The Morgan fingerprint density at radius 3 is 2.76 bits per heavy atom. The second-order valence-corrected chi connectivity index (χ2v) is 5.73. The maximum atomic E-state index is 12.3. The van der Waals surface area contributed by atoms with Gasteiger partial charge in [0, 0.05) is 10.2 Å². The van der Waals surface area contributed by atoms with Crippen LogP contribution < -0.4 is 14.8 Å². The summed E-state index contributed by atoms with van der Waals surface area (Å²) in [5, 5.41) is 2.87. The van der Waals surface area contributed by atoms with Gasteiger partial charge < -0.3 is 14.8 Å². The van der Waals surface area contributed by atoms with Crippen LogP contribution in [0.5, 0.6) is 11.5 Å². The molecule has 1 aliphatic heterocycles. The molecule has 1 N–H and O–H groups in total. The summed E-state index contributed by atoms with van der Waals surface area (Å²) in [6.07, 6.45) is -0.650. The lowest BCUT2D eigenvalue weighted by Crippen LogP contribution is -2.40. The lowest BCUT2D eigenvalue weighted by molar-refractivity contribution is -0.125. The van der Waals surface area contributed by atoms with Crippen molar-refractivity contribution in [2.45, 2.75) is 13.0 Å². The molecule has 0 saturated heterocycles. The smallest absolute Gasteiger partial charge is 0.269 e. The molecule has 3 rings (SSSR count). The molecule has 108 valence electrons. The van der Waals surface area contributed by atoms with Crippen LogP contribution in [-0.4, -0.2) is 18.6 Å². The molecule has 0 saturated carbocycles. The summed E-state index contributed by atoms with van der Waals surface area (Å²) in [7, 11) is 0. The maximum Gasteiger partial charge on any atom is 0.269 e. The number of anilines is 1. The van der Waals surface area contributed by atoms with E-state index in [4.69, 9.17) is 9.47 Å². The first-order valence-electron chi connectivity index (χ1n) is 6.59. The zero-order valence-corrected chi connectivity index (χ0v) is 13.0. The highest BCUT2D eigenvalue weighted by Gasteiger charge is 2.27. The van der Waals surface area contributed by atoms with E-state index in [-0.39, 0.29) is 12.5 Å². The normalized spacial score (nSPS) is 16.4. The van der Waals surface area contributed by atoms with Crippen molar-refractivity contribution in [1.82, 2.24) is 0 Å². The third-order valence-corrected chi connectivity index (χ3v) is 3.74. The van der Waals surface area contributed by atoms with Crippen LogP contribution in [0.3, 0.4) is 0 Å². The Morgan fingerprint density at radius 1 is 1.24 bits per heavy atom. The summed E-state index contributed by atoms with van der Waals surface area (Å²) < 4.78 is 12.2. The number of aryl methyl sites for hydroxylation is 1. The number of carbonyl (C=O) groups excluding carboxylic acids is 1. The molecule has 0 spiro atoms. The Bertz CT molecular complexity index is 687. The summed E-state index contributed by atoms with van der Waals surface area (Å²) in [5.74, 6) is 1.05.